The number of benzene rings is 3. The second kappa shape index (κ2) is 12.6. The molecule has 1 atom stereocenters. The van der Waals surface area contributed by atoms with E-state index < -0.39 is 29.8 Å². The van der Waals surface area contributed by atoms with Gasteiger partial charge in [-0.05, 0) is 67.3 Å². The van der Waals surface area contributed by atoms with E-state index in [1.165, 1.54) is 11.7 Å². The summed E-state index contributed by atoms with van der Waals surface area (Å²) in [6, 6.07) is 21.4. The molecule has 0 aliphatic heterocycles. The van der Waals surface area contributed by atoms with Gasteiger partial charge in [-0.25, -0.2) is 14.4 Å². The van der Waals surface area contributed by atoms with Crippen LogP contribution in [0.15, 0.2) is 79.0 Å². The van der Waals surface area contributed by atoms with Gasteiger partial charge in [0.15, 0.2) is 0 Å². The second-order valence-electron chi connectivity index (χ2n) is 10.5. The standard InChI is InChI=1S/C32H34N2O7/c1-32(2,3)41-31(37)34-19-24(26-17-23(13-16-28(26)34)22-11-14-25(38-4)15-12-22)18-27(29(35)39-5)33-30(36)40-20-21-9-7-6-8-10-21/h6-17,19,27H,18,20H2,1-5H3,(H,33,36)/t27-/m0/s1. The number of rotatable bonds is 8. The highest BCUT2D eigenvalue weighted by Crippen LogP contribution is 2.30. The van der Waals surface area contributed by atoms with Crippen LogP contribution in [-0.4, -0.2) is 48.6 Å². The second-order valence-corrected chi connectivity index (χ2v) is 10.5. The van der Waals surface area contributed by atoms with Crippen LogP contribution in [0.1, 0.15) is 31.9 Å². The van der Waals surface area contributed by atoms with E-state index in [1.807, 2.05) is 72.8 Å². The number of carbonyl (C=O) groups is 3. The van der Waals surface area contributed by atoms with Crippen molar-refractivity contribution in [3.63, 3.8) is 0 Å². The molecular formula is C32H34N2O7. The molecule has 214 valence electrons. The first-order valence-electron chi connectivity index (χ1n) is 13.1. The van der Waals surface area contributed by atoms with Gasteiger partial charge in [0.05, 0.1) is 19.7 Å². The van der Waals surface area contributed by atoms with Crippen molar-refractivity contribution < 1.29 is 33.3 Å². The van der Waals surface area contributed by atoms with Crippen LogP contribution in [0, 0.1) is 0 Å². The molecule has 0 aliphatic rings. The van der Waals surface area contributed by atoms with E-state index in [9.17, 15) is 14.4 Å². The lowest BCUT2D eigenvalue weighted by Crippen LogP contribution is -2.43. The summed E-state index contributed by atoms with van der Waals surface area (Å²) in [4.78, 5) is 38.5. The van der Waals surface area contributed by atoms with E-state index in [2.05, 4.69) is 5.32 Å². The van der Waals surface area contributed by atoms with Crippen molar-refractivity contribution >= 4 is 29.1 Å². The van der Waals surface area contributed by atoms with E-state index in [0.717, 1.165) is 27.8 Å². The van der Waals surface area contributed by atoms with Crippen LogP contribution in [0.25, 0.3) is 22.0 Å². The number of esters is 1. The molecule has 1 heterocycles. The number of aromatic nitrogens is 1. The van der Waals surface area contributed by atoms with Gasteiger partial charge in [-0.3, -0.25) is 4.57 Å². The molecule has 0 aliphatic carbocycles. The third-order valence-corrected chi connectivity index (χ3v) is 6.32. The first-order chi connectivity index (χ1) is 19.6. The van der Waals surface area contributed by atoms with Gasteiger partial charge in [-0.15, -0.1) is 0 Å². The van der Waals surface area contributed by atoms with Crippen molar-refractivity contribution in [2.24, 2.45) is 0 Å². The Bertz CT molecular complexity index is 1520. The molecule has 0 fully saturated rings. The van der Waals surface area contributed by atoms with Gasteiger partial charge < -0.3 is 24.3 Å². The van der Waals surface area contributed by atoms with Gasteiger partial charge in [0, 0.05) is 18.0 Å². The summed E-state index contributed by atoms with van der Waals surface area (Å²) >= 11 is 0. The molecule has 4 aromatic rings. The molecule has 3 aromatic carbocycles. The van der Waals surface area contributed by atoms with E-state index in [4.69, 9.17) is 18.9 Å². The highest BCUT2D eigenvalue weighted by atomic mass is 16.6. The highest BCUT2D eigenvalue weighted by Gasteiger charge is 2.27. The van der Waals surface area contributed by atoms with Crippen LogP contribution in [0.2, 0.25) is 0 Å². The van der Waals surface area contributed by atoms with Crippen LogP contribution in [-0.2, 0) is 32.0 Å². The Morgan fingerprint density at radius 1 is 0.902 bits per heavy atom. The molecule has 0 radical (unpaired) electrons. The molecule has 0 bridgehead atoms. The normalized spacial score (nSPS) is 11.9. The molecule has 0 unspecified atom stereocenters. The van der Waals surface area contributed by atoms with E-state index in [1.54, 1.807) is 34.1 Å². The Labute approximate surface area is 239 Å². The van der Waals surface area contributed by atoms with Crippen molar-refractivity contribution in [3.05, 3.63) is 90.1 Å². The number of amides is 1. The zero-order chi connectivity index (χ0) is 29.6. The molecule has 1 aromatic heterocycles. The maximum absolute atomic E-state index is 13.1. The molecule has 4 rings (SSSR count). The first kappa shape index (κ1) is 29.2. The number of carbonyl (C=O) groups excluding carboxylic acids is 3. The maximum Gasteiger partial charge on any atom is 0.419 e. The van der Waals surface area contributed by atoms with Crippen molar-refractivity contribution in [2.45, 2.75) is 45.4 Å². The number of nitrogens with one attached hydrogen (secondary N) is 1. The first-order valence-corrected chi connectivity index (χ1v) is 13.1. The van der Waals surface area contributed by atoms with Gasteiger partial charge in [0.25, 0.3) is 0 Å². The molecule has 9 heteroatoms. The molecule has 41 heavy (non-hydrogen) atoms. The Kier molecular flexibility index (Phi) is 8.97. The van der Waals surface area contributed by atoms with Crippen molar-refractivity contribution in [2.75, 3.05) is 14.2 Å². The lowest BCUT2D eigenvalue weighted by Gasteiger charge is -2.19. The van der Waals surface area contributed by atoms with Gasteiger partial charge in [-0.1, -0.05) is 48.5 Å². The topological polar surface area (TPSA) is 105 Å². The summed E-state index contributed by atoms with van der Waals surface area (Å²) in [6.07, 6.45) is 0.351. The van der Waals surface area contributed by atoms with Crippen LogP contribution >= 0.6 is 0 Å². The minimum absolute atomic E-state index is 0.0454. The fourth-order valence-corrected chi connectivity index (χ4v) is 4.35. The molecule has 9 nitrogen and oxygen atoms in total. The van der Waals surface area contributed by atoms with Crippen molar-refractivity contribution in [1.82, 2.24) is 9.88 Å². The Balaban J connectivity index is 1.67. The number of ether oxygens (including phenoxy) is 4. The van der Waals surface area contributed by atoms with Gasteiger partial charge in [0.2, 0.25) is 0 Å². The quantitative estimate of drug-likeness (QED) is 0.205. The fourth-order valence-electron chi connectivity index (χ4n) is 4.35. The minimum atomic E-state index is -1.06. The summed E-state index contributed by atoms with van der Waals surface area (Å²) < 4.78 is 22.6. The highest BCUT2D eigenvalue weighted by molar-refractivity contribution is 5.95. The van der Waals surface area contributed by atoms with Crippen molar-refractivity contribution in [3.8, 4) is 16.9 Å². The fraction of sp³-hybridized carbons (Fsp3) is 0.281. The number of fused-ring (bicyclic) bond motifs is 1. The smallest absolute Gasteiger partial charge is 0.419 e. The van der Waals surface area contributed by atoms with Crippen molar-refractivity contribution in [1.29, 1.82) is 0 Å². The molecule has 0 spiro atoms. The minimum Gasteiger partial charge on any atom is -0.497 e. The van der Waals surface area contributed by atoms with Crippen LogP contribution in [0.3, 0.4) is 0 Å². The maximum atomic E-state index is 13.1. The predicted molar refractivity (Wildman–Crippen MR) is 155 cm³/mol. The predicted octanol–water partition coefficient (Wildman–Crippen LogP) is 6.11. The average Bonchev–Trinajstić information content (AvgIpc) is 3.32. The molecular weight excluding hydrogens is 524 g/mol. The van der Waals surface area contributed by atoms with Crippen LogP contribution < -0.4 is 10.1 Å². The zero-order valence-electron chi connectivity index (χ0n) is 23.8. The largest absolute Gasteiger partial charge is 0.497 e. The Morgan fingerprint density at radius 2 is 1.59 bits per heavy atom. The van der Waals surface area contributed by atoms with E-state index in [0.29, 0.717) is 11.1 Å². The number of hydrogen-bond acceptors (Lipinski definition) is 7. The lowest BCUT2D eigenvalue weighted by molar-refractivity contribution is -0.143. The molecule has 0 saturated carbocycles. The summed E-state index contributed by atoms with van der Waals surface area (Å²) in [7, 11) is 2.86. The zero-order valence-corrected chi connectivity index (χ0v) is 23.8. The molecule has 0 saturated heterocycles. The summed E-state index contributed by atoms with van der Waals surface area (Å²) in [5.74, 6) is 0.0869. The van der Waals surface area contributed by atoms with Gasteiger partial charge in [0.1, 0.15) is 24.0 Å². The van der Waals surface area contributed by atoms with Gasteiger partial charge in [-0.2, -0.15) is 0 Å². The summed E-state index contributed by atoms with van der Waals surface area (Å²) in [5, 5.41) is 3.33. The Morgan fingerprint density at radius 3 is 2.22 bits per heavy atom. The molecule has 1 N–H and O–H groups in total. The van der Waals surface area contributed by atoms with Gasteiger partial charge >= 0.3 is 18.2 Å². The third-order valence-electron chi connectivity index (χ3n) is 6.32. The number of methoxy groups -OCH3 is 2. The number of nitrogens with zero attached hydrogens (tertiary/aromatic N) is 1. The number of alkyl carbamates (subject to hydrolysis) is 1. The third kappa shape index (κ3) is 7.45. The lowest BCUT2D eigenvalue weighted by atomic mass is 10.00. The van der Waals surface area contributed by atoms with E-state index in [-0.39, 0.29) is 13.0 Å². The van der Waals surface area contributed by atoms with Crippen LogP contribution in [0.4, 0.5) is 9.59 Å². The Hall–Kier alpha value is -4.79. The SMILES string of the molecule is COC(=O)[C@H](Cc1cn(C(=O)OC(C)(C)C)c2ccc(-c3ccc(OC)cc3)cc12)NC(=O)OCc1ccccc1. The monoisotopic (exact) mass is 558 g/mol. The summed E-state index contributed by atoms with van der Waals surface area (Å²) in [6.45, 7) is 5.41. The average molecular weight is 559 g/mol. The van der Waals surface area contributed by atoms with E-state index >= 15 is 0 Å². The summed E-state index contributed by atoms with van der Waals surface area (Å²) in [5.41, 5.74) is 3.17. The molecule has 1 amide bonds. The number of hydrogen-bond donors (Lipinski definition) is 1. The van der Waals surface area contributed by atoms with Crippen LogP contribution in [0.5, 0.6) is 5.75 Å².